The number of nitrogens with one attached hydrogen (secondary N) is 2. The highest BCUT2D eigenvalue weighted by atomic mass is 16.5. The molecule has 1 heterocycles. The largest absolute Gasteiger partial charge is 0.454 e. The Labute approximate surface area is 249 Å². The molecule has 9 heteroatoms. The maximum absolute atomic E-state index is 14.1. The van der Waals surface area contributed by atoms with Crippen LogP contribution in [0.4, 0.5) is 11.4 Å². The van der Waals surface area contributed by atoms with Gasteiger partial charge in [0.2, 0.25) is 17.7 Å². The number of imide groups is 1. The molecule has 0 unspecified atom stereocenters. The van der Waals surface area contributed by atoms with Gasteiger partial charge in [-0.25, -0.2) is 4.79 Å². The highest BCUT2D eigenvalue weighted by Gasteiger charge is 2.63. The van der Waals surface area contributed by atoms with Gasteiger partial charge in [0.05, 0.1) is 11.8 Å². The van der Waals surface area contributed by atoms with Crippen LogP contribution in [0.3, 0.4) is 0 Å². The van der Waals surface area contributed by atoms with E-state index in [0.717, 1.165) is 33.6 Å². The van der Waals surface area contributed by atoms with Crippen molar-refractivity contribution in [3.8, 4) is 0 Å². The van der Waals surface area contributed by atoms with Crippen molar-refractivity contribution < 1.29 is 28.7 Å². The molecule has 1 fully saturated rings. The van der Waals surface area contributed by atoms with E-state index in [1.165, 1.54) is 6.92 Å². The molecule has 220 valence electrons. The van der Waals surface area contributed by atoms with E-state index in [9.17, 15) is 24.0 Å². The number of esters is 1. The predicted molar refractivity (Wildman–Crippen MR) is 159 cm³/mol. The number of benzene rings is 3. The molecule has 2 N–H and O–H groups in total. The lowest BCUT2D eigenvalue weighted by Gasteiger charge is -2.45. The summed E-state index contributed by atoms with van der Waals surface area (Å²) < 4.78 is 5.41. The number of anilines is 2. The monoisotopic (exact) mass is 579 g/mol. The summed E-state index contributed by atoms with van der Waals surface area (Å²) in [7, 11) is 0. The average molecular weight is 580 g/mol. The molecule has 0 radical (unpaired) electrons. The minimum absolute atomic E-state index is 0.211. The molecule has 3 atom stereocenters. The number of nitrogens with zero attached hydrogens (tertiary/aromatic N) is 1. The third kappa shape index (κ3) is 4.98. The minimum Gasteiger partial charge on any atom is -0.454 e. The maximum Gasteiger partial charge on any atom is 0.329 e. The van der Waals surface area contributed by atoms with Gasteiger partial charge in [-0.3, -0.25) is 24.1 Å². The van der Waals surface area contributed by atoms with Crippen LogP contribution in [0, 0.1) is 11.8 Å². The van der Waals surface area contributed by atoms with E-state index in [4.69, 9.17) is 4.74 Å². The van der Waals surface area contributed by atoms with Crippen LogP contribution in [0.25, 0.3) is 0 Å². The van der Waals surface area contributed by atoms with Crippen LogP contribution >= 0.6 is 0 Å². The summed E-state index contributed by atoms with van der Waals surface area (Å²) in [4.78, 5) is 66.7. The lowest BCUT2D eigenvalue weighted by molar-refractivity contribution is -0.160. The van der Waals surface area contributed by atoms with Gasteiger partial charge in [0.1, 0.15) is 6.04 Å². The van der Waals surface area contributed by atoms with E-state index in [-0.39, 0.29) is 36.0 Å². The van der Waals surface area contributed by atoms with Crippen LogP contribution in [-0.4, -0.2) is 47.1 Å². The zero-order valence-corrected chi connectivity index (χ0v) is 24.0. The zero-order valence-electron chi connectivity index (χ0n) is 24.0. The fraction of sp³-hybridized carbons (Fsp3) is 0.324. The van der Waals surface area contributed by atoms with Crippen molar-refractivity contribution in [1.82, 2.24) is 4.90 Å². The number of hydrogen-bond donors (Lipinski definition) is 2. The predicted octanol–water partition coefficient (Wildman–Crippen LogP) is 4.58. The second-order valence-electron chi connectivity index (χ2n) is 11.4. The Morgan fingerprint density at radius 2 is 1.23 bits per heavy atom. The van der Waals surface area contributed by atoms with Gasteiger partial charge in [-0.05, 0) is 52.9 Å². The topological polar surface area (TPSA) is 122 Å². The number of likely N-dealkylation sites (tertiary alicyclic amines) is 1. The first-order valence-electron chi connectivity index (χ1n) is 14.7. The van der Waals surface area contributed by atoms with Gasteiger partial charge in [0, 0.05) is 30.1 Å². The van der Waals surface area contributed by atoms with Crippen LogP contribution in [0.2, 0.25) is 0 Å². The quantitative estimate of drug-likeness (QED) is 0.283. The summed E-state index contributed by atoms with van der Waals surface area (Å²) in [5.74, 6) is -3.97. The molecule has 3 aromatic carbocycles. The molecule has 4 aliphatic rings. The molecule has 7 rings (SSSR count). The number of rotatable bonds is 9. The molecule has 0 saturated carbocycles. The number of ether oxygens (including phenoxy) is 1. The lowest BCUT2D eigenvalue weighted by atomic mass is 9.55. The van der Waals surface area contributed by atoms with Crippen molar-refractivity contribution in [1.29, 1.82) is 0 Å². The van der Waals surface area contributed by atoms with E-state index < -0.39 is 36.4 Å². The smallest absolute Gasteiger partial charge is 0.329 e. The molecule has 1 saturated heterocycles. The SMILES string of the molecule is CCCC[C@H](C(=O)OCC(=O)Nc1ccc(NC(C)=O)cc1)N1C(=O)[C@@H]2C3c4ccccc4C(c4ccccc43)[C@@H]2C1=O. The Hall–Kier alpha value is -4.79. The third-order valence-corrected chi connectivity index (χ3v) is 8.73. The Morgan fingerprint density at radius 3 is 1.67 bits per heavy atom. The van der Waals surface area contributed by atoms with Crippen molar-refractivity contribution in [2.75, 3.05) is 17.2 Å². The molecule has 2 bridgehead atoms. The number of carbonyl (C=O) groups is 5. The van der Waals surface area contributed by atoms with Gasteiger partial charge < -0.3 is 15.4 Å². The second-order valence-corrected chi connectivity index (χ2v) is 11.4. The van der Waals surface area contributed by atoms with E-state index in [1.54, 1.807) is 24.3 Å². The summed E-state index contributed by atoms with van der Waals surface area (Å²) in [6, 6.07) is 21.4. The molecule has 3 aromatic rings. The third-order valence-electron chi connectivity index (χ3n) is 8.73. The number of hydrogen-bond acceptors (Lipinski definition) is 6. The molecule has 1 aliphatic heterocycles. The standard InChI is InChI=1S/C34H33N3O6/c1-3-4-13-26(34(42)43-18-27(39)36-21-16-14-20(15-17-21)35-19(2)38)37-32(40)30-28-22-9-5-6-10-23(22)29(31(30)33(37)41)25-12-8-7-11-24(25)28/h5-12,14-17,26,28-31H,3-4,13,18H2,1-2H3,(H,35,38)(H,36,39)/t26-,28?,29?,30-,31+/m1/s1. The Balaban J connectivity index is 1.21. The zero-order chi connectivity index (χ0) is 30.2. The van der Waals surface area contributed by atoms with Crippen LogP contribution in [0.1, 0.15) is 67.2 Å². The highest BCUT2D eigenvalue weighted by molar-refractivity contribution is 6.10. The minimum atomic E-state index is -1.11. The Kier molecular flexibility index (Phi) is 7.56. The van der Waals surface area contributed by atoms with Crippen molar-refractivity contribution >= 4 is 41.0 Å². The fourth-order valence-corrected chi connectivity index (χ4v) is 7.03. The summed E-state index contributed by atoms with van der Waals surface area (Å²) in [5, 5.41) is 5.30. The highest BCUT2D eigenvalue weighted by Crippen LogP contribution is 2.61. The summed E-state index contributed by atoms with van der Waals surface area (Å²) >= 11 is 0. The Morgan fingerprint density at radius 1 is 0.767 bits per heavy atom. The number of unbranched alkanes of at least 4 members (excludes halogenated alkanes) is 1. The van der Waals surface area contributed by atoms with Gasteiger partial charge in [-0.1, -0.05) is 68.3 Å². The molecular weight excluding hydrogens is 546 g/mol. The number of amides is 4. The molecule has 3 aliphatic carbocycles. The van der Waals surface area contributed by atoms with E-state index in [1.807, 2.05) is 55.5 Å². The Bertz CT molecular complexity index is 1500. The first-order valence-corrected chi connectivity index (χ1v) is 14.7. The van der Waals surface area contributed by atoms with Crippen LogP contribution in [0.15, 0.2) is 72.8 Å². The van der Waals surface area contributed by atoms with Crippen molar-refractivity contribution in [2.45, 2.75) is 51.0 Å². The number of carbonyl (C=O) groups excluding carboxylic acids is 5. The van der Waals surface area contributed by atoms with Gasteiger partial charge in [-0.15, -0.1) is 0 Å². The van der Waals surface area contributed by atoms with E-state index >= 15 is 0 Å². The molecule has 43 heavy (non-hydrogen) atoms. The molecule has 4 amide bonds. The lowest BCUT2D eigenvalue weighted by Crippen LogP contribution is -2.47. The fourth-order valence-electron chi connectivity index (χ4n) is 7.03. The average Bonchev–Trinajstić information content (AvgIpc) is 3.27. The molecule has 9 nitrogen and oxygen atoms in total. The van der Waals surface area contributed by atoms with Gasteiger partial charge in [0.15, 0.2) is 6.61 Å². The van der Waals surface area contributed by atoms with Crippen LogP contribution in [-0.2, 0) is 28.7 Å². The van der Waals surface area contributed by atoms with Gasteiger partial charge >= 0.3 is 5.97 Å². The first-order chi connectivity index (χ1) is 20.8. The van der Waals surface area contributed by atoms with Crippen molar-refractivity contribution in [2.24, 2.45) is 11.8 Å². The summed E-state index contributed by atoms with van der Waals surface area (Å²) in [5.41, 5.74) is 5.28. The maximum atomic E-state index is 14.1. The van der Waals surface area contributed by atoms with E-state index in [2.05, 4.69) is 10.6 Å². The molecule has 0 aromatic heterocycles. The first kappa shape index (κ1) is 28.3. The molecular formula is C34H33N3O6. The van der Waals surface area contributed by atoms with Crippen molar-refractivity contribution in [3.63, 3.8) is 0 Å². The molecule has 0 spiro atoms. The van der Waals surface area contributed by atoms with E-state index in [0.29, 0.717) is 17.8 Å². The van der Waals surface area contributed by atoms with Crippen molar-refractivity contribution in [3.05, 3.63) is 95.1 Å². The second kappa shape index (κ2) is 11.5. The van der Waals surface area contributed by atoms with Gasteiger partial charge in [0.25, 0.3) is 5.91 Å². The summed E-state index contributed by atoms with van der Waals surface area (Å²) in [6.07, 6.45) is 1.62. The van der Waals surface area contributed by atoms with Crippen LogP contribution in [0.5, 0.6) is 0 Å². The van der Waals surface area contributed by atoms with Crippen LogP contribution < -0.4 is 10.6 Å². The normalized spacial score (nSPS) is 21.9. The summed E-state index contributed by atoms with van der Waals surface area (Å²) in [6.45, 7) is 2.80. The van der Waals surface area contributed by atoms with Gasteiger partial charge in [-0.2, -0.15) is 0 Å².